The number of nitrogens with one attached hydrogen (secondary N) is 2. The number of nitrogen functional groups attached to an aromatic ring is 1. The smallest absolute Gasteiger partial charge is 0.418 e. The molecule has 2 heterocycles. The predicted octanol–water partition coefficient (Wildman–Crippen LogP) is 3.17. The fourth-order valence-corrected chi connectivity index (χ4v) is 4.34. The molecule has 12 heteroatoms. The van der Waals surface area contributed by atoms with E-state index in [-0.39, 0.29) is 0 Å². The van der Waals surface area contributed by atoms with Crippen molar-refractivity contribution < 1.29 is 31.1 Å². The van der Waals surface area contributed by atoms with E-state index in [0.717, 1.165) is 39.0 Å². The van der Waals surface area contributed by atoms with E-state index in [0.29, 0.717) is 31.3 Å². The number of amides is 1. The number of hydrogen-bond donors (Lipinski definition) is 2. The number of piperidine rings is 1. The average Bonchev–Trinajstić information content (AvgIpc) is 2.73. The van der Waals surface area contributed by atoms with Crippen molar-refractivity contribution >= 4 is 11.6 Å². The number of alkyl halides is 6. The van der Waals surface area contributed by atoms with Crippen molar-refractivity contribution in [2.75, 3.05) is 45.0 Å². The first kappa shape index (κ1) is 24.6. The van der Waals surface area contributed by atoms with Crippen LogP contribution in [0.25, 0.3) is 5.73 Å². The summed E-state index contributed by atoms with van der Waals surface area (Å²) in [6.45, 7) is 4.45. The lowest BCUT2D eigenvalue weighted by molar-refractivity contribution is -0.141. The maximum atomic E-state index is 13.2. The third-order valence-corrected chi connectivity index (χ3v) is 6.03. The Morgan fingerprint density at radius 1 is 1.03 bits per heavy atom. The van der Waals surface area contributed by atoms with E-state index in [4.69, 9.17) is 11.5 Å². The summed E-state index contributed by atoms with van der Waals surface area (Å²) >= 11 is 0. The Kier molecular flexibility index (Phi) is 7.25. The number of piperazine rings is 1. The minimum atomic E-state index is -5.09. The van der Waals surface area contributed by atoms with Gasteiger partial charge in [-0.05, 0) is 37.0 Å². The standard InChI is InChI=1S/C20H26F6N5O/c21-19(22,23)14-9-12(10-15(17(14)28)20(24,25)26)11-16(27)18(32)31-5-1-13(2-6-31)30-7-3-29-4-8-30/h9-10,13,16,27,29H,1-8,11,28H2/q-1/t16-/m1/s1. The molecule has 0 spiro atoms. The number of nitrogens with zero attached hydrogens (tertiary/aromatic N) is 2. The van der Waals surface area contributed by atoms with Crippen LogP contribution in [0.1, 0.15) is 29.5 Å². The Balaban J connectivity index is 1.68. The SMILES string of the molecule is [NH-][C@H](Cc1cc(C(F)(F)F)c(N)c(C(F)(F)F)c1)C(=O)N1CCC(N2CCNCC2)CC1. The lowest BCUT2D eigenvalue weighted by Crippen LogP contribution is -2.53. The zero-order chi connectivity index (χ0) is 23.7. The highest BCUT2D eigenvalue weighted by Gasteiger charge is 2.40. The lowest BCUT2D eigenvalue weighted by Gasteiger charge is -2.41. The first-order valence-corrected chi connectivity index (χ1v) is 10.4. The van der Waals surface area contributed by atoms with Gasteiger partial charge in [-0.25, -0.2) is 0 Å². The van der Waals surface area contributed by atoms with E-state index in [1.165, 1.54) is 4.90 Å². The molecule has 180 valence electrons. The fourth-order valence-electron chi connectivity index (χ4n) is 4.34. The van der Waals surface area contributed by atoms with Crippen molar-refractivity contribution in [3.8, 4) is 0 Å². The topological polar surface area (TPSA) is 85.4 Å². The number of likely N-dealkylation sites (tertiary alicyclic amines) is 1. The Labute approximate surface area is 181 Å². The molecular formula is C20H26F6N5O-. The van der Waals surface area contributed by atoms with Gasteiger partial charge in [0.15, 0.2) is 0 Å². The quantitative estimate of drug-likeness (QED) is 0.528. The second kappa shape index (κ2) is 9.44. The summed E-state index contributed by atoms with van der Waals surface area (Å²) in [5.41, 5.74) is 8.21. The first-order valence-electron chi connectivity index (χ1n) is 10.4. The molecule has 2 aliphatic heterocycles. The Morgan fingerprint density at radius 2 is 1.53 bits per heavy atom. The van der Waals surface area contributed by atoms with Gasteiger partial charge in [-0.1, -0.05) is 6.04 Å². The largest absolute Gasteiger partial charge is 0.667 e. The molecule has 0 bridgehead atoms. The average molecular weight is 466 g/mol. The molecule has 0 aliphatic carbocycles. The van der Waals surface area contributed by atoms with Crippen LogP contribution in [-0.4, -0.2) is 67.1 Å². The molecule has 2 saturated heterocycles. The van der Waals surface area contributed by atoms with Gasteiger partial charge in [0.25, 0.3) is 0 Å². The summed E-state index contributed by atoms with van der Waals surface area (Å²) in [5, 5.41) is 3.27. The van der Waals surface area contributed by atoms with Crippen molar-refractivity contribution in [3.63, 3.8) is 0 Å². The van der Waals surface area contributed by atoms with E-state index < -0.39 is 53.1 Å². The van der Waals surface area contributed by atoms with Crippen LogP contribution in [0.4, 0.5) is 32.0 Å². The van der Waals surface area contributed by atoms with Gasteiger partial charge >= 0.3 is 12.4 Å². The normalized spacial score (nSPS) is 20.4. The van der Waals surface area contributed by atoms with E-state index >= 15 is 0 Å². The monoisotopic (exact) mass is 466 g/mol. The van der Waals surface area contributed by atoms with Crippen LogP contribution in [0.3, 0.4) is 0 Å². The van der Waals surface area contributed by atoms with E-state index in [1.807, 2.05) is 0 Å². The molecule has 1 aromatic rings. The highest BCUT2D eigenvalue weighted by molar-refractivity contribution is 5.83. The van der Waals surface area contributed by atoms with E-state index in [1.54, 1.807) is 0 Å². The number of carbonyl (C=O) groups excluding carboxylic acids is 1. The van der Waals surface area contributed by atoms with Gasteiger partial charge in [-0.3, -0.25) is 9.69 Å². The number of benzene rings is 1. The predicted molar refractivity (Wildman–Crippen MR) is 107 cm³/mol. The third-order valence-electron chi connectivity index (χ3n) is 6.03. The van der Waals surface area contributed by atoms with Crippen molar-refractivity contribution in [1.29, 1.82) is 0 Å². The van der Waals surface area contributed by atoms with Gasteiger partial charge in [0.2, 0.25) is 5.91 Å². The molecule has 0 unspecified atom stereocenters. The van der Waals surface area contributed by atoms with Crippen molar-refractivity contribution in [2.24, 2.45) is 0 Å². The summed E-state index contributed by atoms with van der Waals surface area (Å²) in [7, 11) is 0. The van der Waals surface area contributed by atoms with Crippen LogP contribution >= 0.6 is 0 Å². The second-order valence-corrected chi connectivity index (χ2v) is 8.20. The van der Waals surface area contributed by atoms with Crippen LogP contribution in [-0.2, 0) is 23.6 Å². The number of halogens is 6. The molecular weight excluding hydrogens is 440 g/mol. The Hall–Kier alpha value is -2.05. The molecule has 0 saturated carbocycles. The summed E-state index contributed by atoms with van der Waals surface area (Å²) < 4.78 is 79.2. The van der Waals surface area contributed by atoms with E-state index in [2.05, 4.69) is 10.2 Å². The summed E-state index contributed by atoms with van der Waals surface area (Å²) in [5.74, 6) is -0.595. The van der Waals surface area contributed by atoms with Gasteiger partial charge in [-0.2, -0.15) is 26.3 Å². The zero-order valence-electron chi connectivity index (χ0n) is 17.3. The highest BCUT2D eigenvalue weighted by atomic mass is 19.4. The van der Waals surface area contributed by atoms with E-state index in [9.17, 15) is 31.1 Å². The molecule has 3 rings (SSSR count). The van der Waals surface area contributed by atoms with Crippen molar-refractivity contribution in [2.45, 2.75) is 43.7 Å². The minimum Gasteiger partial charge on any atom is -0.667 e. The van der Waals surface area contributed by atoms with Crippen LogP contribution in [0, 0.1) is 0 Å². The van der Waals surface area contributed by atoms with Gasteiger partial charge in [0.05, 0.1) is 16.8 Å². The molecule has 1 aromatic carbocycles. The molecule has 1 atom stereocenters. The maximum absolute atomic E-state index is 13.2. The van der Waals surface area contributed by atoms with Crippen LogP contribution in [0.15, 0.2) is 12.1 Å². The fraction of sp³-hybridized carbons (Fsp3) is 0.650. The highest BCUT2D eigenvalue weighted by Crippen LogP contribution is 2.42. The number of anilines is 1. The zero-order valence-corrected chi connectivity index (χ0v) is 17.3. The molecule has 6 nitrogen and oxygen atoms in total. The Morgan fingerprint density at radius 3 is 2.00 bits per heavy atom. The number of rotatable bonds is 4. The molecule has 0 radical (unpaired) electrons. The maximum Gasteiger partial charge on any atom is 0.418 e. The number of hydrogen-bond acceptors (Lipinski definition) is 4. The van der Waals surface area contributed by atoms with Crippen molar-refractivity contribution in [3.05, 3.63) is 34.6 Å². The molecule has 32 heavy (non-hydrogen) atoms. The third kappa shape index (κ3) is 5.65. The van der Waals surface area contributed by atoms with Gasteiger partial charge in [0, 0.05) is 45.3 Å². The molecule has 4 N–H and O–H groups in total. The lowest BCUT2D eigenvalue weighted by atomic mass is 9.96. The Bertz CT molecular complexity index is 779. The minimum absolute atomic E-state index is 0.325. The number of carbonyl (C=O) groups is 1. The summed E-state index contributed by atoms with van der Waals surface area (Å²) in [6.07, 6.45) is -9.31. The molecule has 0 aromatic heterocycles. The van der Waals surface area contributed by atoms with Gasteiger partial charge in [0.1, 0.15) is 0 Å². The van der Waals surface area contributed by atoms with Crippen LogP contribution in [0.2, 0.25) is 0 Å². The van der Waals surface area contributed by atoms with Gasteiger partial charge < -0.3 is 21.7 Å². The number of nitrogens with two attached hydrogens (primary N) is 1. The van der Waals surface area contributed by atoms with Gasteiger partial charge in [-0.15, -0.1) is 0 Å². The van der Waals surface area contributed by atoms with Crippen LogP contribution in [0.5, 0.6) is 0 Å². The first-order chi connectivity index (χ1) is 14.9. The van der Waals surface area contributed by atoms with Crippen molar-refractivity contribution in [1.82, 2.24) is 15.1 Å². The molecule has 2 aliphatic rings. The second-order valence-electron chi connectivity index (χ2n) is 8.20. The summed E-state index contributed by atoms with van der Waals surface area (Å²) in [6, 6.07) is -0.186. The van der Waals surface area contributed by atoms with Crippen LogP contribution < -0.4 is 11.1 Å². The molecule has 1 amide bonds. The summed E-state index contributed by atoms with van der Waals surface area (Å²) in [4.78, 5) is 16.5. The molecule has 2 fully saturated rings.